The molecule has 1 heterocycles. The summed E-state index contributed by atoms with van der Waals surface area (Å²) in [7, 11) is 3.24. The monoisotopic (exact) mass is 442 g/mol. The molecule has 3 rings (SSSR count). The van der Waals surface area contributed by atoms with Crippen LogP contribution in [0, 0.1) is 0 Å². The number of benzene rings is 2. The second-order valence-electron chi connectivity index (χ2n) is 7.91. The minimum atomic E-state index is -1.15. The normalized spacial score (nSPS) is 13.1. The van der Waals surface area contributed by atoms with E-state index in [1.807, 2.05) is 36.4 Å². The lowest BCUT2D eigenvalue weighted by molar-refractivity contribution is -0.160. The first-order valence-electron chi connectivity index (χ1n) is 10.4. The van der Waals surface area contributed by atoms with Crippen LogP contribution in [0.5, 0.6) is 17.2 Å². The second kappa shape index (κ2) is 9.60. The lowest BCUT2D eigenvalue weighted by Gasteiger charge is -2.28. The highest BCUT2D eigenvalue weighted by molar-refractivity contribution is 7.19. The van der Waals surface area contributed by atoms with Crippen molar-refractivity contribution in [1.82, 2.24) is 0 Å². The number of carbonyl (C=O) groups excluding carboxylic acids is 1. The van der Waals surface area contributed by atoms with Crippen molar-refractivity contribution in [2.24, 2.45) is 0 Å². The summed E-state index contributed by atoms with van der Waals surface area (Å²) in [5.41, 5.74) is 0.0716. The van der Waals surface area contributed by atoms with Gasteiger partial charge in [0.15, 0.2) is 11.5 Å². The van der Waals surface area contributed by atoms with Crippen LogP contribution in [0.3, 0.4) is 0 Å². The van der Waals surface area contributed by atoms with Crippen molar-refractivity contribution < 1.29 is 23.7 Å². The number of methoxy groups -OCH3 is 2. The standard InChI is InChI=1S/C25H30O5S/c1-7-29-24(26)25(4,30-19-10-8-17(9-11-19)16(2)3)15-20-12-18-13-21(27-5)22(28-6)14-23(18)31-20/h8-14,16H,7,15H2,1-6H3. The van der Waals surface area contributed by atoms with Gasteiger partial charge < -0.3 is 18.9 Å². The van der Waals surface area contributed by atoms with Gasteiger partial charge in [0.1, 0.15) is 5.75 Å². The van der Waals surface area contributed by atoms with Crippen molar-refractivity contribution in [3.8, 4) is 17.2 Å². The molecule has 0 aliphatic carbocycles. The fourth-order valence-electron chi connectivity index (χ4n) is 3.46. The Morgan fingerprint density at radius 3 is 2.26 bits per heavy atom. The number of rotatable bonds is 9. The summed E-state index contributed by atoms with van der Waals surface area (Å²) in [6.45, 7) is 8.17. The third-order valence-corrected chi connectivity index (χ3v) is 6.28. The fraction of sp³-hybridized carbons (Fsp3) is 0.400. The van der Waals surface area contributed by atoms with Crippen molar-refractivity contribution in [2.75, 3.05) is 20.8 Å². The molecule has 0 radical (unpaired) electrons. The maximum absolute atomic E-state index is 12.9. The summed E-state index contributed by atoms with van der Waals surface area (Å²) >= 11 is 1.60. The maximum atomic E-state index is 12.9. The summed E-state index contributed by atoms with van der Waals surface area (Å²) in [4.78, 5) is 13.9. The molecule has 0 aliphatic heterocycles. The van der Waals surface area contributed by atoms with Gasteiger partial charge in [-0.25, -0.2) is 4.79 Å². The quantitative estimate of drug-likeness (QED) is 0.381. The smallest absolute Gasteiger partial charge is 0.350 e. The molecule has 31 heavy (non-hydrogen) atoms. The van der Waals surface area contributed by atoms with E-state index in [1.54, 1.807) is 39.4 Å². The number of thiophene rings is 1. The van der Waals surface area contributed by atoms with Crippen LogP contribution in [-0.2, 0) is 16.0 Å². The summed E-state index contributed by atoms with van der Waals surface area (Å²) < 4.78 is 23.5. The molecule has 0 spiro atoms. The van der Waals surface area contributed by atoms with E-state index in [4.69, 9.17) is 18.9 Å². The molecule has 0 amide bonds. The third-order valence-electron chi connectivity index (χ3n) is 5.18. The molecule has 0 saturated heterocycles. The van der Waals surface area contributed by atoms with Gasteiger partial charge in [-0.15, -0.1) is 11.3 Å². The average Bonchev–Trinajstić information content (AvgIpc) is 3.13. The molecule has 166 valence electrons. The molecular formula is C25H30O5S. The summed E-state index contributed by atoms with van der Waals surface area (Å²) in [6, 6.07) is 13.8. The van der Waals surface area contributed by atoms with E-state index in [0.717, 1.165) is 15.0 Å². The summed E-state index contributed by atoms with van der Waals surface area (Å²) in [5, 5.41) is 1.03. The molecule has 3 aromatic rings. The van der Waals surface area contributed by atoms with E-state index < -0.39 is 5.60 Å². The Labute approximate surface area is 187 Å². The molecular weight excluding hydrogens is 412 g/mol. The van der Waals surface area contributed by atoms with Gasteiger partial charge in [-0.1, -0.05) is 26.0 Å². The van der Waals surface area contributed by atoms with Gasteiger partial charge in [0.2, 0.25) is 5.60 Å². The van der Waals surface area contributed by atoms with Crippen molar-refractivity contribution in [2.45, 2.75) is 45.6 Å². The topological polar surface area (TPSA) is 54.0 Å². The first kappa shape index (κ1) is 22.9. The van der Waals surface area contributed by atoms with Gasteiger partial charge in [0.25, 0.3) is 0 Å². The zero-order chi connectivity index (χ0) is 22.6. The molecule has 0 saturated carbocycles. The SMILES string of the molecule is CCOC(=O)C(C)(Cc1cc2cc(OC)c(OC)cc2s1)Oc1ccc(C(C)C)cc1. The molecule has 5 nitrogen and oxygen atoms in total. The van der Waals surface area contributed by atoms with Gasteiger partial charge in [-0.05, 0) is 55.0 Å². The predicted molar refractivity (Wildman–Crippen MR) is 125 cm³/mol. The van der Waals surface area contributed by atoms with E-state index >= 15 is 0 Å². The van der Waals surface area contributed by atoms with Gasteiger partial charge in [-0.2, -0.15) is 0 Å². The first-order chi connectivity index (χ1) is 14.8. The Morgan fingerprint density at radius 2 is 1.68 bits per heavy atom. The summed E-state index contributed by atoms with van der Waals surface area (Å²) in [5.74, 6) is 2.05. The van der Waals surface area contributed by atoms with E-state index in [0.29, 0.717) is 36.2 Å². The largest absolute Gasteiger partial charge is 0.493 e. The fourth-order valence-corrected chi connectivity index (χ4v) is 4.67. The molecule has 0 aliphatic rings. The molecule has 1 unspecified atom stereocenters. The van der Waals surface area contributed by atoms with Crippen LogP contribution in [-0.4, -0.2) is 32.4 Å². The van der Waals surface area contributed by atoms with E-state index in [-0.39, 0.29) is 5.97 Å². The number of carbonyl (C=O) groups is 1. The van der Waals surface area contributed by atoms with Gasteiger partial charge in [0.05, 0.1) is 20.8 Å². The van der Waals surface area contributed by atoms with E-state index in [1.165, 1.54) is 5.56 Å². The Bertz CT molecular complexity index is 997. The lowest BCUT2D eigenvalue weighted by atomic mass is 10.00. The molecule has 2 aromatic carbocycles. The molecule has 1 atom stereocenters. The van der Waals surface area contributed by atoms with Crippen LogP contribution in [0.2, 0.25) is 0 Å². The zero-order valence-corrected chi connectivity index (χ0v) is 19.8. The number of esters is 1. The third kappa shape index (κ3) is 5.13. The van der Waals surface area contributed by atoms with Crippen molar-refractivity contribution in [3.63, 3.8) is 0 Å². The highest BCUT2D eigenvalue weighted by Gasteiger charge is 2.38. The highest BCUT2D eigenvalue weighted by Crippen LogP contribution is 2.38. The number of hydrogen-bond donors (Lipinski definition) is 0. The van der Waals surface area contributed by atoms with Crippen LogP contribution in [0.25, 0.3) is 10.1 Å². The van der Waals surface area contributed by atoms with Crippen LogP contribution in [0.15, 0.2) is 42.5 Å². The average molecular weight is 443 g/mol. The number of ether oxygens (including phenoxy) is 4. The molecule has 0 N–H and O–H groups in total. The second-order valence-corrected chi connectivity index (χ2v) is 9.08. The zero-order valence-electron chi connectivity index (χ0n) is 19.0. The Kier molecular flexibility index (Phi) is 7.11. The van der Waals surface area contributed by atoms with Crippen molar-refractivity contribution in [1.29, 1.82) is 0 Å². The Morgan fingerprint density at radius 1 is 1.03 bits per heavy atom. The van der Waals surface area contributed by atoms with Crippen LogP contribution >= 0.6 is 11.3 Å². The van der Waals surface area contributed by atoms with Crippen molar-refractivity contribution in [3.05, 3.63) is 52.9 Å². The van der Waals surface area contributed by atoms with Crippen LogP contribution < -0.4 is 14.2 Å². The van der Waals surface area contributed by atoms with Crippen molar-refractivity contribution >= 4 is 27.4 Å². The molecule has 6 heteroatoms. The Balaban J connectivity index is 1.92. The molecule has 1 aromatic heterocycles. The van der Waals surface area contributed by atoms with Gasteiger partial charge in [0, 0.05) is 22.1 Å². The lowest BCUT2D eigenvalue weighted by Crippen LogP contribution is -2.44. The number of hydrogen-bond acceptors (Lipinski definition) is 6. The molecule has 0 bridgehead atoms. The first-order valence-corrected chi connectivity index (χ1v) is 11.2. The van der Waals surface area contributed by atoms with E-state index in [9.17, 15) is 4.79 Å². The predicted octanol–water partition coefficient (Wildman–Crippen LogP) is 5.99. The maximum Gasteiger partial charge on any atom is 0.350 e. The summed E-state index contributed by atoms with van der Waals surface area (Å²) in [6.07, 6.45) is 0.391. The van der Waals surface area contributed by atoms with Crippen LogP contribution in [0.4, 0.5) is 0 Å². The van der Waals surface area contributed by atoms with E-state index in [2.05, 4.69) is 19.9 Å². The number of fused-ring (bicyclic) bond motifs is 1. The Hall–Kier alpha value is -2.73. The van der Waals surface area contributed by atoms with Crippen LogP contribution in [0.1, 0.15) is 44.1 Å². The van der Waals surface area contributed by atoms with Gasteiger partial charge >= 0.3 is 5.97 Å². The minimum Gasteiger partial charge on any atom is -0.493 e. The molecule has 0 fully saturated rings. The highest BCUT2D eigenvalue weighted by atomic mass is 32.1. The van der Waals surface area contributed by atoms with Gasteiger partial charge in [-0.3, -0.25) is 0 Å². The minimum absolute atomic E-state index is 0.297.